The summed E-state index contributed by atoms with van der Waals surface area (Å²) in [5.41, 5.74) is 2.17. The van der Waals surface area contributed by atoms with Crippen LogP contribution >= 0.6 is 0 Å². The Morgan fingerprint density at radius 3 is 2.87 bits per heavy atom. The minimum absolute atomic E-state index is 0.0603. The van der Waals surface area contributed by atoms with Gasteiger partial charge < -0.3 is 14.6 Å². The van der Waals surface area contributed by atoms with Gasteiger partial charge in [-0.15, -0.1) is 0 Å². The van der Waals surface area contributed by atoms with Crippen LogP contribution in [0.3, 0.4) is 0 Å². The van der Waals surface area contributed by atoms with Gasteiger partial charge in [-0.25, -0.2) is 14.4 Å². The fourth-order valence-electron chi connectivity index (χ4n) is 2.75. The van der Waals surface area contributed by atoms with Crippen LogP contribution in [0, 0.1) is 5.82 Å². The van der Waals surface area contributed by atoms with E-state index in [2.05, 4.69) is 27.2 Å². The number of hydrogen-bond donors (Lipinski definition) is 1. The molecule has 0 aliphatic rings. The van der Waals surface area contributed by atoms with Gasteiger partial charge in [-0.05, 0) is 42.7 Å². The van der Waals surface area contributed by atoms with E-state index < -0.39 is 16.9 Å². The van der Waals surface area contributed by atoms with Gasteiger partial charge in [-0.2, -0.15) is 4.98 Å². The topological polar surface area (TPSA) is 100 Å². The standard InChI is InChI=1S/C21H23FN4O3S/c1-2-3-10-29-19-13-16(22)7-8-18(19)20-23-14-24-21(26-20)25-17-6-4-5-15(12-17)9-11-30(27)28/h4-8,12-14H,2-3,9-11H2,1H3,(H,27,28)(H,23,24,25,26)/p-1. The molecule has 9 heteroatoms. The second kappa shape index (κ2) is 10.7. The van der Waals surface area contributed by atoms with Gasteiger partial charge in [-0.3, -0.25) is 4.21 Å². The van der Waals surface area contributed by atoms with Gasteiger partial charge in [0.25, 0.3) is 0 Å². The first kappa shape index (κ1) is 21.8. The van der Waals surface area contributed by atoms with E-state index in [1.807, 2.05) is 24.3 Å². The van der Waals surface area contributed by atoms with Crippen molar-refractivity contribution in [2.75, 3.05) is 17.7 Å². The van der Waals surface area contributed by atoms with E-state index >= 15 is 0 Å². The molecule has 1 unspecified atom stereocenters. The summed E-state index contributed by atoms with van der Waals surface area (Å²) in [6.45, 7) is 2.53. The van der Waals surface area contributed by atoms with Gasteiger partial charge in [0.1, 0.15) is 17.9 Å². The largest absolute Gasteiger partial charge is 0.772 e. The highest BCUT2D eigenvalue weighted by Crippen LogP contribution is 2.29. The Bertz CT molecular complexity index is 1020. The normalized spacial score (nSPS) is 11.8. The fourth-order valence-corrected chi connectivity index (χ4v) is 3.15. The molecule has 0 radical (unpaired) electrons. The fraction of sp³-hybridized carbons (Fsp3) is 0.286. The van der Waals surface area contributed by atoms with Crippen LogP contribution in [0.4, 0.5) is 16.0 Å². The number of halogens is 1. The van der Waals surface area contributed by atoms with Crippen LogP contribution in [-0.4, -0.2) is 36.1 Å². The summed E-state index contributed by atoms with van der Waals surface area (Å²) < 4.78 is 41.0. The molecule has 0 saturated carbocycles. The Kier molecular flexibility index (Phi) is 7.81. The van der Waals surface area contributed by atoms with Crippen molar-refractivity contribution in [3.05, 3.63) is 60.2 Å². The molecule has 7 nitrogen and oxygen atoms in total. The van der Waals surface area contributed by atoms with E-state index in [1.54, 1.807) is 6.07 Å². The zero-order valence-electron chi connectivity index (χ0n) is 16.5. The molecule has 0 aliphatic heterocycles. The Morgan fingerprint density at radius 2 is 2.07 bits per heavy atom. The van der Waals surface area contributed by atoms with Crippen molar-refractivity contribution in [3.63, 3.8) is 0 Å². The number of nitrogens with zero attached hydrogens (tertiary/aromatic N) is 3. The smallest absolute Gasteiger partial charge is 0.230 e. The summed E-state index contributed by atoms with van der Waals surface area (Å²) in [6.07, 6.45) is 3.61. The van der Waals surface area contributed by atoms with Crippen LogP contribution in [0.25, 0.3) is 11.4 Å². The first-order valence-electron chi connectivity index (χ1n) is 9.58. The number of hydrogen-bond acceptors (Lipinski definition) is 7. The molecule has 0 amide bonds. The maximum absolute atomic E-state index is 13.7. The zero-order valence-corrected chi connectivity index (χ0v) is 17.3. The summed E-state index contributed by atoms with van der Waals surface area (Å²) in [4.78, 5) is 12.8. The Hall–Kier alpha value is -2.91. The number of benzene rings is 2. The molecule has 1 atom stereocenters. The molecule has 158 valence electrons. The van der Waals surface area contributed by atoms with Crippen LogP contribution in [0.1, 0.15) is 25.3 Å². The maximum Gasteiger partial charge on any atom is 0.230 e. The van der Waals surface area contributed by atoms with Gasteiger partial charge in [0.15, 0.2) is 5.82 Å². The van der Waals surface area contributed by atoms with E-state index in [1.165, 1.54) is 18.5 Å². The van der Waals surface area contributed by atoms with Crippen molar-refractivity contribution in [1.29, 1.82) is 0 Å². The average molecular weight is 429 g/mol. The van der Waals surface area contributed by atoms with Gasteiger partial charge in [-0.1, -0.05) is 36.6 Å². The quantitative estimate of drug-likeness (QED) is 0.384. The molecule has 1 aromatic heterocycles. The van der Waals surface area contributed by atoms with Crippen molar-refractivity contribution < 1.29 is 17.9 Å². The molecule has 3 rings (SSSR count). The predicted octanol–water partition coefficient (Wildman–Crippen LogP) is 4.02. The highest BCUT2D eigenvalue weighted by atomic mass is 32.2. The van der Waals surface area contributed by atoms with Crippen molar-refractivity contribution in [2.24, 2.45) is 0 Å². The Balaban J connectivity index is 1.80. The Morgan fingerprint density at radius 1 is 1.20 bits per heavy atom. The van der Waals surface area contributed by atoms with E-state index in [0.717, 1.165) is 24.1 Å². The van der Waals surface area contributed by atoms with Crippen LogP contribution in [0.15, 0.2) is 48.8 Å². The summed E-state index contributed by atoms with van der Waals surface area (Å²) in [5.74, 6) is 0.719. The minimum Gasteiger partial charge on any atom is -0.772 e. The van der Waals surface area contributed by atoms with Gasteiger partial charge in [0.2, 0.25) is 5.95 Å². The molecule has 3 aromatic rings. The summed E-state index contributed by atoms with van der Waals surface area (Å²) >= 11 is -2.08. The third kappa shape index (κ3) is 6.30. The van der Waals surface area contributed by atoms with Crippen LogP contribution < -0.4 is 10.1 Å². The van der Waals surface area contributed by atoms with Crippen molar-refractivity contribution in [2.45, 2.75) is 26.2 Å². The lowest BCUT2D eigenvalue weighted by Gasteiger charge is -2.12. The van der Waals surface area contributed by atoms with Gasteiger partial charge in [0.05, 0.1) is 12.2 Å². The van der Waals surface area contributed by atoms with Gasteiger partial charge >= 0.3 is 0 Å². The number of aromatic nitrogens is 3. The van der Waals surface area contributed by atoms with E-state index in [4.69, 9.17) is 4.74 Å². The van der Waals surface area contributed by atoms with E-state index in [9.17, 15) is 13.2 Å². The van der Waals surface area contributed by atoms with E-state index in [0.29, 0.717) is 36.1 Å². The first-order chi connectivity index (χ1) is 14.5. The van der Waals surface area contributed by atoms with Crippen LogP contribution in [0.5, 0.6) is 5.75 Å². The number of unbranched alkanes of at least 4 members (excludes halogenated alkanes) is 1. The van der Waals surface area contributed by atoms with Crippen molar-refractivity contribution in [1.82, 2.24) is 15.0 Å². The minimum atomic E-state index is -2.08. The second-order valence-corrected chi connectivity index (χ2v) is 7.57. The SMILES string of the molecule is CCCCOc1cc(F)ccc1-c1ncnc(Nc2cccc(CCS(=O)[O-])c2)n1. The zero-order chi connectivity index (χ0) is 21.3. The van der Waals surface area contributed by atoms with Gasteiger partial charge in [0, 0.05) is 17.5 Å². The molecule has 30 heavy (non-hydrogen) atoms. The molecule has 0 saturated heterocycles. The lowest BCUT2D eigenvalue weighted by molar-refractivity contribution is 0.309. The molecule has 0 fully saturated rings. The Labute approximate surface area is 177 Å². The predicted molar refractivity (Wildman–Crippen MR) is 113 cm³/mol. The van der Waals surface area contributed by atoms with E-state index in [-0.39, 0.29) is 5.75 Å². The maximum atomic E-state index is 13.7. The number of anilines is 2. The van der Waals surface area contributed by atoms with Crippen molar-refractivity contribution in [3.8, 4) is 17.1 Å². The lowest BCUT2D eigenvalue weighted by atomic mass is 10.1. The molecule has 0 spiro atoms. The first-order valence-corrected chi connectivity index (χ1v) is 10.8. The molecule has 0 aliphatic carbocycles. The number of ether oxygens (including phenoxy) is 1. The molecule has 0 bridgehead atoms. The van der Waals surface area contributed by atoms with Crippen LogP contribution in [-0.2, 0) is 17.5 Å². The molecule has 1 N–H and O–H groups in total. The van der Waals surface area contributed by atoms with Crippen molar-refractivity contribution >= 4 is 22.7 Å². The third-order valence-electron chi connectivity index (χ3n) is 4.25. The monoisotopic (exact) mass is 429 g/mol. The highest BCUT2D eigenvalue weighted by Gasteiger charge is 2.12. The molecular weight excluding hydrogens is 407 g/mol. The molecule has 2 aromatic carbocycles. The summed E-state index contributed by atoms with van der Waals surface area (Å²) in [7, 11) is 0. The number of nitrogens with one attached hydrogen (secondary N) is 1. The lowest BCUT2D eigenvalue weighted by Crippen LogP contribution is -2.03. The highest BCUT2D eigenvalue weighted by molar-refractivity contribution is 7.79. The number of aryl methyl sites for hydroxylation is 1. The van der Waals surface area contributed by atoms with Crippen LogP contribution in [0.2, 0.25) is 0 Å². The number of rotatable bonds is 10. The molecule has 1 heterocycles. The summed E-state index contributed by atoms with van der Waals surface area (Å²) in [5, 5.41) is 3.09. The average Bonchev–Trinajstić information content (AvgIpc) is 2.73. The summed E-state index contributed by atoms with van der Waals surface area (Å²) in [6, 6.07) is 11.6. The molecular formula is C21H22FN4O3S-. The second-order valence-electron chi connectivity index (χ2n) is 6.56. The third-order valence-corrected chi connectivity index (χ3v) is 4.79.